The molecule has 1 amide bonds. The summed E-state index contributed by atoms with van der Waals surface area (Å²) in [4.78, 5) is 24.5. The van der Waals surface area contributed by atoms with Crippen molar-refractivity contribution in [3.63, 3.8) is 0 Å². The van der Waals surface area contributed by atoms with E-state index in [-0.39, 0.29) is 5.91 Å². The number of rotatable bonds is 4. The van der Waals surface area contributed by atoms with Crippen molar-refractivity contribution in [1.82, 2.24) is 0 Å². The molecule has 0 aliphatic heterocycles. The van der Waals surface area contributed by atoms with Gasteiger partial charge in [-0.3, -0.25) is 4.79 Å². The fourth-order valence-electron chi connectivity index (χ4n) is 2.26. The summed E-state index contributed by atoms with van der Waals surface area (Å²) in [6, 6.07) is 14.7. The molecule has 1 N–H and O–H groups in total. The first-order valence-corrected chi connectivity index (χ1v) is 7.42. The molecule has 0 bridgehead atoms. The SMILES string of the molecule is COC(=O)c1ccccc1NC(=O)C(C)(C)c1ccc(C)cc1. The van der Waals surface area contributed by atoms with Crippen LogP contribution in [0.25, 0.3) is 0 Å². The van der Waals surface area contributed by atoms with E-state index >= 15 is 0 Å². The summed E-state index contributed by atoms with van der Waals surface area (Å²) in [5, 5.41) is 2.84. The molecule has 0 aliphatic carbocycles. The molecule has 23 heavy (non-hydrogen) atoms. The molecule has 0 aromatic heterocycles. The van der Waals surface area contributed by atoms with Crippen molar-refractivity contribution in [2.75, 3.05) is 12.4 Å². The van der Waals surface area contributed by atoms with Crippen LogP contribution in [0, 0.1) is 6.92 Å². The van der Waals surface area contributed by atoms with E-state index in [1.807, 2.05) is 45.0 Å². The van der Waals surface area contributed by atoms with Crippen LogP contribution in [0.5, 0.6) is 0 Å². The number of anilines is 1. The Morgan fingerprint density at radius 3 is 2.22 bits per heavy atom. The summed E-state index contributed by atoms with van der Waals surface area (Å²) in [5.74, 6) is -0.660. The van der Waals surface area contributed by atoms with Crippen molar-refractivity contribution in [2.24, 2.45) is 0 Å². The van der Waals surface area contributed by atoms with E-state index in [1.165, 1.54) is 7.11 Å². The number of aryl methyl sites for hydroxylation is 1. The number of esters is 1. The largest absolute Gasteiger partial charge is 0.465 e. The van der Waals surface area contributed by atoms with Gasteiger partial charge in [-0.2, -0.15) is 0 Å². The summed E-state index contributed by atoms with van der Waals surface area (Å²) in [6.45, 7) is 5.71. The zero-order valence-electron chi connectivity index (χ0n) is 13.8. The normalized spacial score (nSPS) is 11.0. The van der Waals surface area contributed by atoms with Crippen LogP contribution in [0.15, 0.2) is 48.5 Å². The predicted octanol–water partition coefficient (Wildman–Crippen LogP) is 3.70. The highest BCUT2D eigenvalue weighted by Gasteiger charge is 2.30. The van der Waals surface area contributed by atoms with Gasteiger partial charge in [0.2, 0.25) is 5.91 Å². The highest BCUT2D eigenvalue weighted by Crippen LogP contribution is 2.26. The highest BCUT2D eigenvalue weighted by atomic mass is 16.5. The lowest BCUT2D eigenvalue weighted by molar-refractivity contribution is -0.120. The van der Waals surface area contributed by atoms with Gasteiger partial charge in [0.1, 0.15) is 0 Å². The molecule has 0 heterocycles. The molecule has 0 aliphatic rings. The summed E-state index contributed by atoms with van der Waals surface area (Å²) >= 11 is 0. The first-order chi connectivity index (χ1) is 10.9. The van der Waals surface area contributed by atoms with Gasteiger partial charge < -0.3 is 10.1 Å². The summed E-state index contributed by atoms with van der Waals surface area (Å²) in [6.07, 6.45) is 0. The zero-order valence-corrected chi connectivity index (χ0v) is 13.8. The summed E-state index contributed by atoms with van der Waals surface area (Å²) in [5.41, 5.74) is 2.11. The predicted molar refractivity (Wildman–Crippen MR) is 90.6 cm³/mol. The molecule has 120 valence electrons. The Morgan fingerprint density at radius 2 is 1.61 bits per heavy atom. The smallest absolute Gasteiger partial charge is 0.339 e. The molecule has 0 atom stereocenters. The average Bonchev–Trinajstić information content (AvgIpc) is 2.55. The molecule has 0 saturated carbocycles. The van der Waals surface area contributed by atoms with Gasteiger partial charge in [0.05, 0.1) is 23.8 Å². The van der Waals surface area contributed by atoms with Gasteiger partial charge >= 0.3 is 5.97 Å². The van der Waals surface area contributed by atoms with Crippen molar-refractivity contribution < 1.29 is 14.3 Å². The van der Waals surface area contributed by atoms with Crippen molar-refractivity contribution in [2.45, 2.75) is 26.2 Å². The van der Waals surface area contributed by atoms with Crippen LogP contribution in [0.4, 0.5) is 5.69 Å². The van der Waals surface area contributed by atoms with E-state index in [1.54, 1.807) is 24.3 Å². The van der Waals surface area contributed by atoms with Crippen LogP contribution in [-0.4, -0.2) is 19.0 Å². The molecule has 0 spiro atoms. The summed E-state index contributed by atoms with van der Waals surface area (Å²) in [7, 11) is 1.32. The van der Waals surface area contributed by atoms with Crippen molar-refractivity contribution in [1.29, 1.82) is 0 Å². The molecular formula is C19H21NO3. The lowest BCUT2D eigenvalue weighted by Gasteiger charge is -2.25. The monoisotopic (exact) mass is 311 g/mol. The second kappa shape index (κ2) is 6.65. The third kappa shape index (κ3) is 3.59. The van der Waals surface area contributed by atoms with Crippen molar-refractivity contribution in [3.05, 3.63) is 65.2 Å². The van der Waals surface area contributed by atoms with Gasteiger partial charge in [-0.05, 0) is 38.5 Å². The van der Waals surface area contributed by atoms with Crippen LogP contribution >= 0.6 is 0 Å². The molecule has 0 saturated heterocycles. The van der Waals surface area contributed by atoms with E-state index in [4.69, 9.17) is 4.74 Å². The van der Waals surface area contributed by atoms with Crippen LogP contribution < -0.4 is 5.32 Å². The molecule has 2 aromatic carbocycles. The molecule has 2 aromatic rings. The minimum atomic E-state index is -0.725. The fraction of sp³-hybridized carbons (Fsp3) is 0.263. The lowest BCUT2D eigenvalue weighted by atomic mass is 9.83. The molecule has 2 rings (SSSR count). The number of ether oxygens (including phenoxy) is 1. The molecule has 0 unspecified atom stereocenters. The Morgan fingerprint density at radius 1 is 1.00 bits per heavy atom. The molecule has 4 heteroatoms. The molecular weight excluding hydrogens is 290 g/mol. The van der Waals surface area contributed by atoms with Gasteiger partial charge in [0.25, 0.3) is 0 Å². The Kier molecular flexibility index (Phi) is 4.84. The number of amides is 1. The van der Waals surface area contributed by atoms with Crippen LogP contribution in [0.1, 0.15) is 35.3 Å². The van der Waals surface area contributed by atoms with Gasteiger partial charge in [-0.1, -0.05) is 42.0 Å². The van der Waals surface area contributed by atoms with Gasteiger partial charge in [0, 0.05) is 0 Å². The molecule has 0 radical (unpaired) electrons. The maximum Gasteiger partial charge on any atom is 0.339 e. The van der Waals surface area contributed by atoms with Gasteiger partial charge in [-0.25, -0.2) is 4.79 Å². The van der Waals surface area contributed by atoms with Crippen LogP contribution in [0.3, 0.4) is 0 Å². The summed E-state index contributed by atoms with van der Waals surface area (Å²) < 4.78 is 4.75. The van der Waals surface area contributed by atoms with Gasteiger partial charge in [0.15, 0.2) is 0 Å². The van der Waals surface area contributed by atoms with E-state index in [0.29, 0.717) is 11.3 Å². The number of benzene rings is 2. The van der Waals surface area contributed by atoms with Crippen LogP contribution in [0.2, 0.25) is 0 Å². The van der Waals surface area contributed by atoms with Gasteiger partial charge in [-0.15, -0.1) is 0 Å². The Hall–Kier alpha value is -2.62. The maximum atomic E-state index is 12.7. The standard InChI is InChI=1S/C19H21NO3/c1-13-9-11-14(12-10-13)19(2,3)18(22)20-16-8-6-5-7-15(16)17(21)23-4/h5-12H,1-4H3,(H,20,22). The molecule has 0 fully saturated rings. The molecule has 4 nitrogen and oxygen atoms in total. The zero-order chi connectivity index (χ0) is 17.0. The first kappa shape index (κ1) is 16.7. The highest BCUT2D eigenvalue weighted by molar-refractivity contribution is 6.04. The Bertz CT molecular complexity index is 718. The number of para-hydroxylation sites is 1. The number of methoxy groups -OCH3 is 1. The van der Waals surface area contributed by atoms with E-state index in [9.17, 15) is 9.59 Å². The minimum absolute atomic E-state index is 0.183. The van der Waals surface area contributed by atoms with Crippen LogP contribution in [-0.2, 0) is 14.9 Å². The fourth-order valence-corrected chi connectivity index (χ4v) is 2.26. The number of hydrogen-bond acceptors (Lipinski definition) is 3. The first-order valence-electron chi connectivity index (χ1n) is 7.42. The third-order valence-electron chi connectivity index (χ3n) is 3.92. The van der Waals surface area contributed by atoms with E-state index in [0.717, 1.165) is 11.1 Å². The average molecular weight is 311 g/mol. The van der Waals surface area contributed by atoms with E-state index in [2.05, 4.69) is 5.32 Å². The minimum Gasteiger partial charge on any atom is -0.465 e. The number of carbonyl (C=O) groups excluding carboxylic acids is 2. The second-order valence-corrected chi connectivity index (χ2v) is 5.98. The third-order valence-corrected chi connectivity index (χ3v) is 3.92. The lowest BCUT2D eigenvalue weighted by Crippen LogP contribution is -2.35. The number of carbonyl (C=O) groups is 2. The van der Waals surface area contributed by atoms with Crippen molar-refractivity contribution in [3.8, 4) is 0 Å². The van der Waals surface area contributed by atoms with E-state index < -0.39 is 11.4 Å². The Labute approximate surface area is 136 Å². The maximum absolute atomic E-state index is 12.7. The number of hydrogen-bond donors (Lipinski definition) is 1. The quantitative estimate of drug-likeness (QED) is 0.876. The number of nitrogens with one attached hydrogen (secondary N) is 1. The topological polar surface area (TPSA) is 55.4 Å². The second-order valence-electron chi connectivity index (χ2n) is 5.98. The Balaban J connectivity index is 2.28. The van der Waals surface area contributed by atoms with Crippen molar-refractivity contribution >= 4 is 17.6 Å².